The number of rotatable bonds is 5. The molecule has 2 spiro atoms. The van der Waals surface area contributed by atoms with Crippen LogP contribution in [0.15, 0.2) is 46.6 Å². The third kappa shape index (κ3) is 7.00. The molecular weight excluding hydrogens is 797 g/mol. The summed E-state index contributed by atoms with van der Waals surface area (Å²) >= 11 is 0. The van der Waals surface area contributed by atoms with Crippen molar-refractivity contribution in [2.75, 3.05) is 6.61 Å². The molecule has 0 aromatic carbocycles. The number of carbonyl (C=O) groups excluding carboxylic acids is 4. The van der Waals surface area contributed by atoms with Crippen LogP contribution in [0.3, 0.4) is 0 Å². The number of fused-ring (bicyclic) bond motifs is 6. The Hall–Kier alpha value is -2.80. The Bertz CT molecular complexity index is 2050. The molecule has 64 heavy (non-hydrogen) atoms. The molecule has 0 unspecified atom stereocenters. The van der Waals surface area contributed by atoms with E-state index in [2.05, 4.69) is 93.5 Å². The van der Waals surface area contributed by atoms with Crippen molar-refractivity contribution in [3.8, 4) is 0 Å². The minimum absolute atomic E-state index is 0. The summed E-state index contributed by atoms with van der Waals surface area (Å²) in [5.41, 5.74) is 2.94. The maximum absolute atomic E-state index is 14.3. The predicted molar refractivity (Wildman–Crippen MR) is 252 cm³/mol. The third-order valence-electron chi connectivity index (χ3n) is 20.6. The lowest BCUT2D eigenvalue weighted by Gasteiger charge is -2.41. The Morgan fingerprint density at radius 1 is 0.609 bits per heavy atom. The summed E-state index contributed by atoms with van der Waals surface area (Å²) in [5.74, 6) is 2.86. The minimum Gasteiger partial charge on any atom is -0.457 e. The van der Waals surface area contributed by atoms with E-state index in [-0.39, 0.29) is 89.9 Å². The van der Waals surface area contributed by atoms with Gasteiger partial charge in [0, 0.05) is 23.7 Å². The lowest BCUT2D eigenvalue weighted by Crippen LogP contribution is -2.47. The van der Waals surface area contributed by atoms with E-state index in [0.717, 1.165) is 87.3 Å². The van der Waals surface area contributed by atoms with Crippen molar-refractivity contribution < 1.29 is 33.8 Å². The van der Waals surface area contributed by atoms with E-state index >= 15 is 0 Å². The number of aliphatic hydroxyl groups excluding tert-OH is 1. The first-order chi connectivity index (χ1) is 29.6. The molecule has 6 saturated carbocycles. The van der Waals surface area contributed by atoms with Crippen LogP contribution in [0.2, 0.25) is 0 Å². The van der Waals surface area contributed by atoms with E-state index in [1.165, 1.54) is 18.4 Å². The maximum Gasteiger partial charge on any atom is 0.312 e. The molecule has 7 heteroatoms. The standard InChI is InChI=1S/C28H40O4.C28H40O3.CH4/c1-16-14-28-17(2)11-20-22(26(20,3)4)19(24(28)30)12-18(15-29)13-21(28)23(16)32-25(31)27(5)9-7-6-8-10-27;1-16-12-19-22-20(26(22,4)5)14-18(3)28(24(19)29)15-17(2)23(21(28)13-16)31-25(30)27(6)10-8-7-9-11-27;/h12,14,17,19-23,29H,6-11,13,15H2,1-5H3;12,15,18-23H,7-11,13-14H2,1-6H3;1H4/t17-,19+,20-,21-,22+,23+,28-;18-,19+,20-,21-,22+,23+,28-;/m11./s1. The Morgan fingerprint density at radius 2 is 1.00 bits per heavy atom. The molecule has 0 aliphatic heterocycles. The summed E-state index contributed by atoms with van der Waals surface area (Å²) in [6.45, 7) is 24.2. The molecule has 10 aliphatic carbocycles. The van der Waals surface area contributed by atoms with Crippen LogP contribution in [0.1, 0.15) is 173 Å². The Labute approximate surface area is 386 Å². The monoisotopic (exact) mass is 881 g/mol. The molecule has 7 nitrogen and oxygen atoms in total. The number of ether oxygens (including phenoxy) is 2. The Balaban J connectivity index is 0.000000172. The molecule has 10 rings (SSSR count). The molecule has 0 aromatic heterocycles. The van der Waals surface area contributed by atoms with Crippen LogP contribution in [-0.4, -0.2) is 47.4 Å². The first-order valence-electron chi connectivity index (χ1n) is 25.5. The van der Waals surface area contributed by atoms with E-state index in [1.54, 1.807) is 0 Å². The molecule has 0 amide bonds. The zero-order valence-electron chi connectivity index (χ0n) is 40.7. The second-order valence-corrected chi connectivity index (χ2v) is 25.1. The van der Waals surface area contributed by atoms with Crippen LogP contribution >= 0.6 is 0 Å². The van der Waals surface area contributed by atoms with Crippen molar-refractivity contribution in [1.82, 2.24) is 0 Å². The third-order valence-corrected chi connectivity index (χ3v) is 20.6. The van der Waals surface area contributed by atoms with Gasteiger partial charge >= 0.3 is 11.9 Å². The fourth-order valence-corrected chi connectivity index (χ4v) is 16.5. The molecule has 0 aromatic rings. The quantitative estimate of drug-likeness (QED) is 0.216. The van der Waals surface area contributed by atoms with Gasteiger partial charge in [-0.1, -0.05) is 117 Å². The first-order valence-corrected chi connectivity index (χ1v) is 25.5. The van der Waals surface area contributed by atoms with Crippen LogP contribution in [-0.2, 0) is 28.7 Å². The van der Waals surface area contributed by atoms with Gasteiger partial charge in [0.15, 0.2) is 11.6 Å². The second kappa shape index (κ2) is 16.2. The highest BCUT2D eigenvalue weighted by Gasteiger charge is 2.72. The van der Waals surface area contributed by atoms with Gasteiger partial charge in [-0.15, -0.1) is 0 Å². The van der Waals surface area contributed by atoms with Crippen molar-refractivity contribution in [2.45, 2.75) is 186 Å². The molecule has 10 aliphatic rings. The number of ketones is 2. The van der Waals surface area contributed by atoms with E-state index in [0.29, 0.717) is 41.7 Å². The zero-order chi connectivity index (χ0) is 45.4. The van der Waals surface area contributed by atoms with Gasteiger partial charge in [-0.25, -0.2) is 0 Å². The fourth-order valence-electron chi connectivity index (χ4n) is 16.5. The van der Waals surface area contributed by atoms with Crippen LogP contribution in [0.5, 0.6) is 0 Å². The fraction of sp³-hybridized carbons (Fsp3) is 0.789. The number of aliphatic hydroxyl groups is 1. The average molecular weight is 881 g/mol. The van der Waals surface area contributed by atoms with Crippen LogP contribution in [0.4, 0.5) is 0 Å². The van der Waals surface area contributed by atoms with E-state index in [4.69, 9.17) is 9.47 Å². The normalized spacial score (nSPS) is 43.6. The van der Waals surface area contributed by atoms with Crippen molar-refractivity contribution in [3.63, 3.8) is 0 Å². The Morgan fingerprint density at radius 3 is 1.41 bits per heavy atom. The highest BCUT2D eigenvalue weighted by atomic mass is 16.6. The van der Waals surface area contributed by atoms with Gasteiger partial charge in [0.2, 0.25) is 0 Å². The molecule has 354 valence electrons. The van der Waals surface area contributed by atoms with Gasteiger partial charge < -0.3 is 14.6 Å². The molecule has 6 fully saturated rings. The lowest BCUT2D eigenvalue weighted by atomic mass is 9.62. The number of Topliss-reactive ketones (excluding diaryl/α,β-unsaturated/α-hetero) is 2. The van der Waals surface area contributed by atoms with Gasteiger partial charge in [0.05, 0.1) is 28.3 Å². The number of allylic oxidation sites excluding steroid dienone is 5. The molecule has 0 radical (unpaired) electrons. The van der Waals surface area contributed by atoms with Crippen molar-refractivity contribution in [1.29, 1.82) is 0 Å². The Kier molecular flexibility index (Phi) is 12.1. The lowest BCUT2D eigenvalue weighted by molar-refractivity contribution is -0.166. The SMILES string of the molecule is C.CC1=C[C@@H]2C(=O)[C@]3(C=C(C)[C@H](OC(=O)C4(C)CCCCC4)[C@H]3C1)[C@H](C)C[C@@H]1[C@H]2C1(C)C.CC1=C[C@]23C(=O)[C@@H](C=C(CO)C[C@@H]2[C@H]1OC(=O)C1(C)CCCCC1)[C@H]1[C@@H](C[C@H]3C)C1(C)C. The first kappa shape index (κ1) is 47.7. The second-order valence-electron chi connectivity index (χ2n) is 25.1. The maximum atomic E-state index is 14.3. The minimum atomic E-state index is -0.593. The van der Waals surface area contributed by atoms with Crippen LogP contribution in [0, 0.1) is 91.7 Å². The number of hydrogen-bond acceptors (Lipinski definition) is 7. The van der Waals surface area contributed by atoms with Crippen molar-refractivity contribution >= 4 is 23.5 Å². The smallest absolute Gasteiger partial charge is 0.312 e. The summed E-state index contributed by atoms with van der Waals surface area (Å²) in [5, 5.41) is 10.2. The summed E-state index contributed by atoms with van der Waals surface area (Å²) in [6.07, 6.45) is 22.2. The summed E-state index contributed by atoms with van der Waals surface area (Å²) < 4.78 is 12.7. The van der Waals surface area contributed by atoms with E-state index < -0.39 is 16.2 Å². The summed E-state index contributed by atoms with van der Waals surface area (Å²) in [4.78, 5) is 55.3. The van der Waals surface area contributed by atoms with E-state index in [9.17, 15) is 24.3 Å². The summed E-state index contributed by atoms with van der Waals surface area (Å²) in [6, 6.07) is 0. The van der Waals surface area contributed by atoms with Crippen LogP contribution < -0.4 is 0 Å². The highest BCUT2D eigenvalue weighted by molar-refractivity contribution is 5.95. The molecule has 1 N–H and O–H groups in total. The summed E-state index contributed by atoms with van der Waals surface area (Å²) in [7, 11) is 0. The van der Waals surface area contributed by atoms with Gasteiger partial charge in [0.1, 0.15) is 12.2 Å². The zero-order valence-corrected chi connectivity index (χ0v) is 40.7. The largest absolute Gasteiger partial charge is 0.457 e. The molecular formula is C57H84O7. The molecule has 0 heterocycles. The molecule has 0 saturated heterocycles. The highest BCUT2D eigenvalue weighted by Crippen LogP contribution is 2.73. The number of esters is 2. The van der Waals surface area contributed by atoms with Gasteiger partial charge in [-0.2, -0.15) is 0 Å². The van der Waals surface area contributed by atoms with Crippen molar-refractivity contribution in [2.24, 2.45) is 91.7 Å². The average Bonchev–Trinajstić information content (AvgIpc) is 3.93. The van der Waals surface area contributed by atoms with Crippen molar-refractivity contribution in [3.05, 3.63) is 46.6 Å². The topological polar surface area (TPSA) is 107 Å². The van der Waals surface area contributed by atoms with Gasteiger partial charge in [0.25, 0.3) is 0 Å². The molecule has 4 bridgehead atoms. The van der Waals surface area contributed by atoms with Crippen LogP contribution in [0.25, 0.3) is 0 Å². The predicted octanol–water partition coefficient (Wildman–Crippen LogP) is 12.2. The van der Waals surface area contributed by atoms with E-state index in [1.807, 2.05) is 6.92 Å². The number of hydrogen-bond donors (Lipinski definition) is 1. The van der Waals surface area contributed by atoms with Gasteiger partial charge in [-0.3, -0.25) is 19.2 Å². The number of carbonyl (C=O) groups is 4. The molecule has 14 atom stereocenters. The van der Waals surface area contributed by atoms with Gasteiger partial charge in [-0.05, 0) is 149 Å².